The second-order valence-corrected chi connectivity index (χ2v) is 6.93. The number of methoxy groups -OCH3 is 2. The average molecular weight is 380 g/mol. The zero-order valence-corrected chi connectivity index (χ0v) is 16.2. The van der Waals surface area contributed by atoms with Crippen LogP contribution in [0.3, 0.4) is 0 Å². The van der Waals surface area contributed by atoms with Crippen LogP contribution in [-0.2, 0) is 4.79 Å². The van der Waals surface area contributed by atoms with Gasteiger partial charge < -0.3 is 19.1 Å². The van der Waals surface area contributed by atoms with Gasteiger partial charge in [0.25, 0.3) is 0 Å². The smallest absolute Gasteiger partial charge is 0.241 e. The van der Waals surface area contributed by atoms with Crippen LogP contribution < -0.4 is 19.1 Å². The Balaban J connectivity index is 1.42. The molecule has 0 bridgehead atoms. The minimum Gasteiger partial charge on any atom is -0.497 e. The number of anilines is 1. The molecular weight excluding hydrogens is 356 g/mol. The van der Waals surface area contributed by atoms with Crippen LogP contribution >= 0.6 is 0 Å². The Bertz CT molecular complexity index is 909. The highest BCUT2D eigenvalue weighted by Gasteiger charge is 2.26. The third kappa shape index (κ3) is 3.68. The standard InChI is InChI=1S/C22H24N2O4/c1-26-19-7-4-6-18(12-19)24-10-9-23(14-21(24)25)13-16-11-17-5-3-8-20(27-2)22(17)28-15-16/h3-8,11-12H,9-10,13-15H2,1-2H3. The van der Waals surface area contributed by atoms with E-state index in [9.17, 15) is 4.79 Å². The maximum Gasteiger partial charge on any atom is 0.241 e. The fourth-order valence-electron chi connectivity index (χ4n) is 3.67. The normalized spacial score (nSPS) is 16.9. The summed E-state index contributed by atoms with van der Waals surface area (Å²) in [4.78, 5) is 16.7. The largest absolute Gasteiger partial charge is 0.497 e. The van der Waals surface area contributed by atoms with E-state index in [0.29, 0.717) is 26.2 Å². The third-order valence-corrected chi connectivity index (χ3v) is 5.08. The number of carbonyl (C=O) groups is 1. The molecule has 2 aliphatic rings. The van der Waals surface area contributed by atoms with Crippen LogP contribution in [0.5, 0.6) is 17.2 Å². The van der Waals surface area contributed by atoms with Crippen LogP contribution in [0.1, 0.15) is 5.56 Å². The number of carbonyl (C=O) groups excluding carboxylic acids is 1. The number of piperazine rings is 1. The molecule has 6 heteroatoms. The summed E-state index contributed by atoms with van der Waals surface area (Å²) in [6.45, 7) is 3.08. The van der Waals surface area contributed by atoms with Crippen molar-refractivity contribution in [2.45, 2.75) is 0 Å². The molecule has 2 aliphatic heterocycles. The topological polar surface area (TPSA) is 51.2 Å². The summed E-state index contributed by atoms with van der Waals surface area (Å²) in [5, 5.41) is 0. The van der Waals surface area contributed by atoms with Crippen molar-refractivity contribution in [3.63, 3.8) is 0 Å². The van der Waals surface area contributed by atoms with Gasteiger partial charge in [0, 0.05) is 37.0 Å². The molecule has 0 atom stereocenters. The molecule has 4 rings (SSSR count). The maximum absolute atomic E-state index is 12.7. The van der Waals surface area contributed by atoms with E-state index in [1.165, 1.54) is 0 Å². The van der Waals surface area contributed by atoms with Crippen LogP contribution in [-0.4, -0.2) is 57.8 Å². The van der Waals surface area contributed by atoms with Crippen molar-refractivity contribution < 1.29 is 19.0 Å². The number of rotatable bonds is 5. The third-order valence-electron chi connectivity index (χ3n) is 5.08. The molecule has 2 heterocycles. The average Bonchev–Trinajstić information content (AvgIpc) is 2.73. The Morgan fingerprint density at radius 1 is 1.07 bits per heavy atom. The molecule has 6 nitrogen and oxygen atoms in total. The lowest BCUT2D eigenvalue weighted by atomic mass is 10.1. The fourth-order valence-corrected chi connectivity index (χ4v) is 3.67. The quantitative estimate of drug-likeness (QED) is 0.798. The van der Waals surface area contributed by atoms with E-state index in [1.54, 1.807) is 14.2 Å². The predicted molar refractivity (Wildman–Crippen MR) is 108 cm³/mol. The lowest BCUT2D eigenvalue weighted by molar-refractivity contribution is -0.121. The summed E-state index contributed by atoms with van der Waals surface area (Å²) in [7, 11) is 3.28. The number of nitrogens with zero attached hydrogens (tertiary/aromatic N) is 2. The molecule has 0 aliphatic carbocycles. The summed E-state index contributed by atoms with van der Waals surface area (Å²) in [5.74, 6) is 2.38. The van der Waals surface area contributed by atoms with Gasteiger partial charge in [-0.1, -0.05) is 18.2 Å². The van der Waals surface area contributed by atoms with Gasteiger partial charge in [0.2, 0.25) is 5.91 Å². The zero-order chi connectivity index (χ0) is 19.5. The van der Waals surface area contributed by atoms with Gasteiger partial charge in [-0.2, -0.15) is 0 Å². The van der Waals surface area contributed by atoms with E-state index in [0.717, 1.165) is 40.6 Å². The first-order valence-electron chi connectivity index (χ1n) is 9.34. The van der Waals surface area contributed by atoms with Crippen molar-refractivity contribution in [3.05, 3.63) is 53.6 Å². The van der Waals surface area contributed by atoms with Crippen molar-refractivity contribution in [2.75, 3.05) is 51.9 Å². The van der Waals surface area contributed by atoms with Crippen molar-refractivity contribution in [3.8, 4) is 17.2 Å². The molecule has 0 N–H and O–H groups in total. The Labute approximate surface area is 164 Å². The summed E-state index contributed by atoms with van der Waals surface area (Å²) >= 11 is 0. The van der Waals surface area contributed by atoms with E-state index >= 15 is 0 Å². The van der Waals surface area contributed by atoms with Crippen molar-refractivity contribution in [1.29, 1.82) is 0 Å². The van der Waals surface area contributed by atoms with Crippen molar-refractivity contribution in [2.24, 2.45) is 0 Å². The molecule has 0 unspecified atom stereocenters. The maximum atomic E-state index is 12.7. The van der Waals surface area contributed by atoms with Crippen LogP contribution in [0, 0.1) is 0 Å². The first-order chi connectivity index (χ1) is 13.7. The number of fused-ring (bicyclic) bond motifs is 1. The summed E-state index contributed by atoms with van der Waals surface area (Å²) < 4.78 is 16.5. The molecule has 146 valence electrons. The minimum absolute atomic E-state index is 0.0962. The number of amides is 1. The second kappa shape index (κ2) is 7.94. The predicted octanol–water partition coefficient (Wildman–Crippen LogP) is 2.83. The van der Waals surface area contributed by atoms with Gasteiger partial charge in [-0.05, 0) is 29.8 Å². The number of benzene rings is 2. The van der Waals surface area contributed by atoms with E-state index in [4.69, 9.17) is 14.2 Å². The second-order valence-electron chi connectivity index (χ2n) is 6.93. The molecule has 0 aromatic heterocycles. The molecule has 1 fully saturated rings. The van der Waals surface area contributed by atoms with E-state index < -0.39 is 0 Å². The molecule has 2 aromatic rings. The Morgan fingerprint density at radius 3 is 2.71 bits per heavy atom. The molecular formula is C22H24N2O4. The van der Waals surface area contributed by atoms with Gasteiger partial charge >= 0.3 is 0 Å². The Kier molecular flexibility index (Phi) is 5.21. The molecule has 0 saturated carbocycles. The van der Waals surface area contributed by atoms with Gasteiger partial charge in [-0.15, -0.1) is 0 Å². The minimum atomic E-state index is 0.0962. The number of para-hydroxylation sites is 1. The fraction of sp³-hybridized carbons (Fsp3) is 0.318. The summed E-state index contributed by atoms with van der Waals surface area (Å²) in [5.41, 5.74) is 3.05. The van der Waals surface area contributed by atoms with E-state index in [2.05, 4.69) is 11.0 Å². The SMILES string of the molecule is COc1cccc(N2CCN(CC3=Cc4cccc(OC)c4OC3)CC2=O)c1. The van der Waals surface area contributed by atoms with Crippen molar-refractivity contribution in [1.82, 2.24) is 4.90 Å². The molecule has 1 amide bonds. The first-order valence-corrected chi connectivity index (χ1v) is 9.34. The molecule has 2 aromatic carbocycles. The first kappa shape index (κ1) is 18.4. The molecule has 0 radical (unpaired) electrons. The Hall–Kier alpha value is -2.99. The van der Waals surface area contributed by atoms with Crippen LogP contribution in [0.2, 0.25) is 0 Å². The summed E-state index contributed by atoms with van der Waals surface area (Å²) in [6.07, 6.45) is 2.14. The lowest BCUT2D eigenvalue weighted by Crippen LogP contribution is -2.51. The van der Waals surface area contributed by atoms with Crippen LogP contribution in [0.15, 0.2) is 48.0 Å². The Morgan fingerprint density at radius 2 is 1.93 bits per heavy atom. The van der Waals surface area contributed by atoms with Crippen LogP contribution in [0.25, 0.3) is 6.08 Å². The number of ether oxygens (including phenoxy) is 3. The molecule has 0 spiro atoms. The molecule has 28 heavy (non-hydrogen) atoms. The van der Waals surface area contributed by atoms with E-state index in [-0.39, 0.29) is 5.91 Å². The number of hydrogen-bond donors (Lipinski definition) is 0. The van der Waals surface area contributed by atoms with Gasteiger partial charge in [0.05, 0.1) is 20.8 Å². The number of hydrogen-bond acceptors (Lipinski definition) is 5. The summed E-state index contributed by atoms with van der Waals surface area (Å²) in [6, 6.07) is 13.5. The highest BCUT2D eigenvalue weighted by Crippen LogP contribution is 2.35. The van der Waals surface area contributed by atoms with Gasteiger partial charge in [-0.25, -0.2) is 0 Å². The molecule has 1 saturated heterocycles. The highest BCUT2D eigenvalue weighted by atomic mass is 16.5. The van der Waals surface area contributed by atoms with Crippen molar-refractivity contribution >= 4 is 17.7 Å². The van der Waals surface area contributed by atoms with Gasteiger partial charge in [0.15, 0.2) is 11.5 Å². The lowest BCUT2D eigenvalue weighted by Gasteiger charge is -2.35. The highest BCUT2D eigenvalue weighted by molar-refractivity contribution is 5.95. The van der Waals surface area contributed by atoms with Gasteiger partial charge in [0.1, 0.15) is 12.4 Å². The monoisotopic (exact) mass is 380 g/mol. The van der Waals surface area contributed by atoms with E-state index in [1.807, 2.05) is 47.4 Å². The van der Waals surface area contributed by atoms with Gasteiger partial charge in [-0.3, -0.25) is 9.69 Å². The van der Waals surface area contributed by atoms with Crippen LogP contribution in [0.4, 0.5) is 5.69 Å². The zero-order valence-electron chi connectivity index (χ0n) is 16.2.